The lowest BCUT2D eigenvalue weighted by atomic mass is 9.77. The Bertz CT molecular complexity index is 834. The summed E-state index contributed by atoms with van der Waals surface area (Å²) in [6, 6.07) is 16.7. The number of aliphatic hydroxyl groups is 2. The third-order valence-corrected chi connectivity index (χ3v) is 7.02. The van der Waals surface area contributed by atoms with Crippen LogP contribution in [-0.2, 0) is 15.6 Å². The van der Waals surface area contributed by atoms with Gasteiger partial charge in [-0.2, -0.15) is 0 Å². The van der Waals surface area contributed by atoms with Gasteiger partial charge in [-0.05, 0) is 56.1 Å². The topological polar surface area (TPSA) is 57.5 Å². The SMILES string of the molecule is Cc1ccc(C(C)(C)CCCCC(=O)CCCCC(C)(c2ccc(C)cc2)C(O)O)cc1. The standard InChI is InChI=1S/C29H42O3/c1-22-12-16-24(17-13-22)28(3,4)20-8-6-10-26(30)11-7-9-21-29(5,27(31)32)25-18-14-23(2)15-19-25/h12-19,27,31-32H,6-11,20-21H2,1-5H3. The second-order valence-corrected chi connectivity index (χ2v) is 10.4. The molecule has 0 aliphatic heterocycles. The molecule has 2 aromatic rings. The Morgan fingerprint density at radius 1 is 0.719 bits per heavy atom. The van der Waals surface area contributed by atoms with E-state index in [1.165, 1.54) is 11.1 Å². The van der Waals surface area contributed by atoms with Gasteiger partial charge in [0.05, 0.1) is 0 Å². The van der Waals surface area contributed by atoms with Crippen molar-refractivity contribution in [3.05, 3.63) is 70.8 Å². The molecule has 2 N–H and O–H groups in total. The zero-order valence-corrected chi connectivity index (χ0v) is 20.7. The van der Waals surface area contributed by atoms with E-state index in [1.54, 1.807) is 0 Å². The van der Waals surface area contributed by atoms with Gasteiger partial charge < -0.3 is 10.2 Å². The van der Waals surface area contributed by atoms with Gasteiger partial charge in [-0.25, -0.2) is 0 Å². The van der Waals surface area contributed by atoms with Crippen LogP contribution >= 0.6 is 0 Å². The van der Waals surface area contributed by atoms with Crippen molar-refractivity contribution in [2.24, 2.45) is 0 Å². The van der Waals surface area contributed by atoms with Crippen LogP contribution in [0.15, 0.2) is 48.5 Å². The summed E-state index contributed by atoms with van der Waals surface area (Å²) in [4.78, 5) is 12.3. The average molecular weight is 439 g/mol. The molecule has 0 amide bonds. The van der Waals surface area contributed by atoms with Crippen LogP contribution in [0.1, 0.15) is 94.4 Å². The Morgan fingerprint density at radius 2 is 1.16 bits per heavy atom. The van der Waals surface area contributed by atoms with E-state index >= 15 is 0 Å². The van der Waals surface area contributed by atoms with Crippen LogP contribution in [0.2, 0.25) is 0 Å². The molecule has 0 fully saturated rings. The van der Waals surface area contributed by atoms with Crippen molar-refractivity contribution in [1.29, 1.82) is 0 Å². The van der Waals surface area contributed by atoms with Crippen molar-refractivity contribution >= 4 is 5.78 Å². The van der Waals surface area contributed by atoms with E-state index in [0.717, 1.165) is 43.2 Å². The predicted octanol–water partition coefficient (Wildman–Crippen LogP) is 6.54. The second kappa shape index (κ2) is 11.8. The molecule has 0 aliphatic rings. The number of carbonyl (C=O) groups excluding carboxylic acids is 1. The smallest absolute Gasteiger partial charge is 0.160 e. The van der Waals surface area contributed by atoms with Gasteiger partial charge in [0.2, 0.25) is 0 Å². The zero-order chi connectivity index (χ0) is 23.8. The Kier molecular flexibility index (Phi) is 9.66. The molecule has 0 spiro atoms. The van der Waals surface area contributed by atoms with Crippen molar-refractivity contribution < 1.29 is 15.0 Å². The lowest BCUT2D eigenvalue weighted by Crippen LogP contribution is -2.36. The van der Waals surface area contributed by atoms with Gasteiger partial charge >= 0.3 is 0 Å². The Labute approximate surface area is 194 Å². The first-order valence-electron chi connectivity index (χ1n) is 12.1. The highest BCUT2D eigenvalue weighted by atomic mass is 16.5. The van der Waals surface area contributed by atoms with Crippen molar-refractivity contribution in [1.82, 2.24) is 0 Å². The predicted molar refractivity (Wildman–Crippen MR) is 133 cm³/mol. The number of aryl methyl sites for hydroxylation is 2. The lowest BCUT2D eigenvalue weighted by molar-refractivity contribution is -0.119. The fraction of sp³-hybridized carbons (Fsp3) is 0.552. The molecule has 0 heterocycles. The van der Waals surface area contributed by atoms with E-state index < -0.39 is 11.7 Å². The molecule has 2 aromatic carbocycles. The van der Waals surface area contributed by atoms with Gasteiger partial charge in [-0.3, -0.25) is 4.79 Å². The van der Waals surface area contributed by atoms with E-state index in [0.29, 0.717) is 25.0 Å². The Hall–Kier alpha value is -1.97. The average Bonchev–Trinajstić information content (AvgIpc) is 2.75. The number of hydrogen-bond acceptors (Lipinski definition) is 3. The van der Waals surface area contributed by atoms with Crippen molar-refractivity contribution in [3.63, 3.8) is 0 Å². The molecule has 1 atom stereocenters. The molecule has 176 valence electrons. The quantitative estimate of drug-likeness (QED) is 0.276. The van der Waals surface area contributed by atoms with Gasteiger partial charge in [-0.15, -0.1) is 0 Å². The van der Waals surface area contributed by atoms with Crippen LogP contribution in [0.5, 0.6) is 0 Å². The molecule has 0 radical (unpaired) electrons. The minimum atomic E-state index is -1.42. The summed E-state index contributed by atoms with van der Waals surface area (Å²) in [7, 11) is 0. The Balaban J connectivity index is 1.70. The fourth-order valence-electron chi connectivity index (χ4n) is 4.33. The maximum absolute atomic E-state index is 12.3. The first kappa shape index (κ1) is 26.3. The highest BCUT2D eigenvalue weighted by Crippen LogP contribution is 2.33. The minimum absolute atomic E-state index is 0.127. The summed E-state index contributed by atoms with van der Waals surface area (Å²) in [6.07, 6.45) is 5.10. The molecular weight excluding hydrogens is 396 g/mol. The molecule has 1 unspecified atom stereocenters. The normalized spacial score (nSPS) is 13.9. The lowest BCUT2D eigenvalue weighted by Gasteiger charge is -2.32. The first-order chi connectivity index (χ1) is 15.0. The number of benzene rings is 2. The van der Waals surface area contributed by atoms with Gasteiger partial charge in [0.1, 0.15) is 5.78 Å². The number of hydrogen-bond donors (Lipinski definition) is 2. The summed E-state index contributed by atoms with van der Waals surface area (Å²) >= 11 is 0. The van der Waals surface area contributed by atoms with Gasteiger partial charge in [0.25, 0.3) is 0 Å². The van der Waals surface area contributed by atoms with E-state index in [1.807, 2.05) is 38.1 Å². The first-order valence-corrected chi connectivity index (χ1v) is 12.1. The summed E-state index contributed by atoms with van der Waals surface area (Å²) in [6.45, 7) is 10.6. The van der Waals surface area contributed by atoms with Crippen molar-refractivity contribution in [2.45, 2.75) is 103 Å². The van der Waals surface area contributed by atoms with E-state index in [-0.39, 0.29) is 5.41 Å². The summed E-state index contributed by atoms with van der Waals surface area (Å²) in [5.74, 6) is 0.319. The number of Topliss-reactive ketones (excluding diaryl/α,β-unsaturated/α-hetero) is 1. The van der Waals surface area contributed by atoms with E-state index in [4.69, 9.17) is 0 Å². The van der Waals surface area contributed by atoms with Crippen molar-refractivity contribution in [2.75, 3.05) is 0 Å². The number of aliphatic hydroxyl groups excluding tert-OH is 1. The molecular formula is C29H42O3. The molecule has 3 heteroatoms. The maximum atomic E-state index is 12.3. The molecule has 0 saturated carbocycles. The van der Waals surface area contributed by atoms with Crippen molar-refractivity contribution in [3.8, 4) is 0 Å². The molecule has 3 nitrogen and oxygen atoms in total. The molecule has 2 rings (SSSR count). The highest BCUT2D eigenvalue weighted by molar-refractivity contribution is 5.78. The van der Waals surface area contributed by atoms with Crippen LogP contribution < -0.4 is 0 Å². The molecule has 0 aromatic heterocycles. The Morgan fingerprint density at radius 3 is 1.62 bits per heavy atom. The zero-order valence-electron chi connectivity index (χ0n) is 20.7. The van der Waals surface area contributed by atoms with Crippen LogP contribution in [0.4, 0.5) is 0 Å². The van der Waals surface area contributed by atoms with Gasteiger partial charge in [0.15, 0.2) is 6.29 Å². The summed E-state index contributed by atoms with van der Waals surface area (Å²) in [5.41, 5.74) is 4.14. The third kappa shape index (κ3) is 7.56. The van der Waals surface area contributed by atoms with E-state index in [9.17, 15) is 15.0 Å². The number of ketones is 1. The third-order valence-electron chi connectivity index (χ3n) is 7.02. The summed E-state index contributed by atoms with van der Waals surface area (Å²) < 4.78 is 0. The van der Waals surface area contributed by atoms with Gasteiger partial charge in [0, 0.05) is 18.3 Å². The fourth-order valence-corrected chi connectivity index (χ4v) is 4.33. The monoisotopic (exact) mass is 438 g/mol. The van der Waals surface area contributed by atoms with Crippen LogP contribution in [0.3, 0.4) is 0 Å². The van der Waals surface area contributed by atoms with Crippen LogP contribution in [-0.4, -0.2) is 22.3 Å². The van der Waals surface area contributed by atoms with E-state index in [2.05, 4.69) is 45.0 Å². The summed E-state index contributed by atoms with van der Waals surface area (Å²) in [5, 5.41) is 20.0. The second-order valence-electron chi connectivity index (χ2n) is 10.4. The van der Waals surface area contributed by atoms with Crippen LogP contribution in [0.25, 0.3) is 0 Å². The molecule has 0 bridgehead atoms. The highest BCUT2D eigenvalue weighted by Gasteiger charge is 2.33. The molecule has 32 heavy (non-hydrogen) atoms. The molecule has 0 aliphatic carbocycles. The number of rotatable bonds is 13. The van der Waals surface area contributed by atoms with Crippen LogP contribution in [0, 0.1) is 13.8 Å². The minimum Gasteiger partial charge on any atom is -0.367 e. The number of carbonyl (C=O) groups is 1. The molecule has 0 saturated heterocycles. The maximum Gasteiger partial charge on any atom is 0.160 e. The largest absolute Gasteiger partial charge is 0.367 e. The van der Waals surface area contributed by atoms with Gasteiger partial charge in [-0.1, -0.05) is 93.3 Å². The number of unbranched alkanes of at least 4 members (excludes halogenated alkanes) is 2.